The van der Waals surface area contributed by atoms with Crippen LogP contribution in [0.2, 0.25) is 0 Å². The molecule has 1 aliphatic carbocycles. The van der Waals surface area contributed by atoms with Gasteiger partial charge in [0.15, 0.2) is 0 Å². The van der Waals surface area contributed by atoms with Crippen LogP contribution in [0, 0.1) is 23.7 Å². The van der Waals surface area contributed by atoms with E-state index in [0.717, 1.165) is 51.4 Å². The summed E-state index contributed by atoms with van der Waals surface area (Å²) in [6.07, 6.45) is 9.89. The summed E-state index contributed by atoms with van der Waals surface area (Å²) in [5.41, 5.74) is 0. The van der Waals surface area contributed by atoms with Gasteiger partial charge < -0.3 is 14.9 Å². The Morgan fingerprint density at radius 3 is 2.21 bits per heavy atom. The van der Waals surface area contributed by atoms with Crippen LogP contribution in [0.4, 0.5) is 0 Å². The Morgan fingerprint density at radius 2 is 1.59 bits per heavy atom. The highest BCUT2D eigenvalue weighted by molar-refractivity contribution is 5.69. The van der Waals surface area contributed by atoms with E-state index in [-0.39, 0.29) is 24.7 Å². The second-order valence-electron chi connectivity index (χ2n) is 8.70. The predicted molar refractivity (Wildman–Crippen MR) is 112 cm³/mol. The van der Waals surface area contributed by atoms with Crippen LogP contribution < -0.4 is 0 Å². The third-order valence-corrected chi connectivity index (χ3v) is 6.49. The lowest BCUT2D eigenvalue weighted by Crippen LogP contribution is -2.27. The molecule has 0 heterocycles. The molecule has 0 bridgehead atoms. The fourth-order valence-electron chi connectivity index (χ4n) is 4.54. The first-order valence-electron chi connectivity index (χ1n) is 11.4. The maximum atomic E-state index is 12.2. The van der Waals surface area contributed by atoms with E-state index < -0.39 is 11.9 Å². The van der Waals surface area contributed by atoms with Crippen LogP contribution in [0.5, 0.6) is 0 Å². The van der Waals surface area contributed by atoms with Gasteiger partial charge in [-0.25, -0.2) is 0 Å². The Balaban J connectivity index is 2.46. The number of hydrogen-bond donors (Lipinski definition) is 2. The number of carboxylic acid groups (broad SMARTS) is 2. The summed E-state index contributed by atoms with van der Waals surface area (Å²) < 4.78 is 5.50. The summed E-state index contributed by atoms with van der Waals surface area (Å²) in [5.74, 6) is -0.368. The Bertz CT molecular complexity index is 504. The van der Waals surface area contributed by atoms with E-state index in [0.29, 0.717) is 43.6 Å². The van der Waals surface area contributed by atoms with Crippen LogP contribution in [0.1, 0.15) is 97.3 Å². The number of esters is 1. The lowest BCUT2D eigenvalue weighted by molar-refractivity contribution is -0.146. The average Bonchev–Trinajstić information content (AvgIpc) is 2.69. The van der Waals surface area contributed by atoms with E-state index in [2.05, 4.69) is 13.8 Å². The standard InChI is InChI=1S/C23H40O6/c1-3-5-6-17(4-2)16-29-23(28)14-11-19-9-7-18(8-12-21(24)25)15-20(19)10-13-22(26)27/h17-20H,3-16H2,1-2H3,(H,24,25)(H,26,27). The second kappa shape index (κ2) is 14.4. The molecule has 6 nitrogen and oxygen atoms in total. The van der Waals surface area contributed by atoms with Gasteiger partial charge in [-0.3, -0.25) is 14.4 Å². The van der Waals surface area contributed by atoms with Crippen LogP contribution >= 0.6 is 0 Å². The molecular formula is C23H40O6. The van der Waals surface area contributed by atoms with Crippen molar-refractivity contribution < 1.29 is 29.3 Å². The van der Waals surface area contributed by atoms with E-state index in [4.69, 9.17) is 14.9 Å². The molecule has 29 heavy (non-hydrogen) atoms. The number of carbonyl (C=O) groups is 3. The lowest BCUT2D eigenvalue weighted by Gasteiger charge is -2.36. The number of hydrogen-bond acceptors (Lipinski definition) is 4. The molecule has 4 atom stereocenters. The summed E-state index contributed by atoms with van der Waals surface area (Å²) in [5, 5.41) is 18.0. The van der Waals surface area contributed by atoms with Gasteiger partial charge in [0.1, 0.15) is 0 Å². The number of carboxylic acids is 2. The third kappa shape index (κ3) is 11.2. The number of rotatable bonds is 15. The number of aliphatic carboxylic acids is 2. The van der Waals surface area contributed by atoms with E-state index in [1.807, 2.05) is 0 Å². The quantitative estimate of drug-likeness (QED) is 0.355. The van der Waals surface area contributed by atoms with Gasteiger partial charge in [0.25, 0.3) is 0 Å². The highest BCUT2D eigenvalue weighted by atomic mass is 16.5. The highest BCUT2D eigenvalue weighted by Crippen LogP contribution is 2.40. The molecule has 0 aromatic rings. The van der Waals surface area contributed by atoms with Gasteiger partial charge in [-0.1, -0.05) is 39.5 Å². The van der Waals surface area contributed by atoms with Gasteiger partial charge in [-0.05, 0) is 62.2 Å². The molecule has 0 spiro atoms. The molecule has 1 aliphatic rings. The number of ether oxygens (including phenoxy) is 1. The fourth-order valence-corrected chi connectivity index (χ4v) is 4.54. The summed E-state index contributed by atoms with van der Waals surface area (Å²) in [7, 11) is 0. The first-order chi connectivity index (χ1) is 13.8. The fraction of sp³-hybridized carbons (Fsp3) is 0.870. The van der Waals surface area contributed by atoms with Crippen LogP contribution in [0.15, 0.2) is 0 Å². The first-order valence-corrected chi connectivity index (χ1v) is 11.4. The van der Waals surface area contributed by atoms with Crippen molar-refractivity contribution in [3.63, 3.8) is 0 Å². The van der Waals surface area contributed by atoms with Crippen molar-refractivity contribution in [2.75, 3.05) is 6.61 Å². The Hall–Kier alpha value is -1.59. The molecule has 2 N–H and O–H groups in total. The Labute approximate surface area is 175 Å². The molecule has 6 heteroatoms. The van der Waals surface area contributed by atoms with Crippen LogP contribution in [0.3, 0.4) is 0 Å². The SMILES string of the molecule is CCCCC(CC)COC(=O)CCC1CCC(CCC(=O)O)CC1CCC(=O)O. The van der Waals surface area contributed by atoms with Crippen molar-refractivity contribution in [3.8, 4) is 0 Å². The molecule has 0 amide bonds. The van der Waals surface area contributed by atoms with Gasteiger partial charge >= 0.3 is 17.9 Å². The second-order valence-corrected chi connectivity index (χ2v) is 8.70. The van der Waals surface area contributed by atoms with Gasteiger partial charge in [-0.15, -0.1) is 0 Å². The van der Waals surface area contributed by atoms with Crippen molar-refractivity contribution in [1.82, 2.24) is 0 Å². The van der Waals surface area contributed by atoms with Crippen molar-refractivity contribution in [2.24, 2.45) is 23.7 Å². The minimum Gasteiger partial charge on any atom is -0.481 e. The van der Waals surface area contributed by atoms with Gasteiger partial charge in [0.05, 0.1) is 6.61 Å². The molecule has 4 unspecified atom stereocenters. The zero-order chi connectivity index (χ0) is 21.6. The van der Waals surface area contributed by atoms with Gasteiger partial charge in [0, 0.05) is 19.3 Å². The minimum absolute atomic E-state index is 0.132. The van der Waals surface area contributed by atoms with E-state index in [1.54, 1.807) is 0 Å². The predicted octanol–water partition coefficient (Wildman–Crippen LogP) is 5.29. The summed E-state index contributed by atoms with van der Waals surface area (Å²) in [6.45, 7) is 4.79. The maximum absolute atomic E-state index is 12.2. The van der Waals surface area contributed by atoms with Crippen LogP contribution in [0.25, 0.3) is 0 Å². The lowest BCUT2D eigenvalue weighted by atomic mass is 9.69. The molecule has 1 fully saturated rings. The monoisotopic (exact) mass is 412 g/mol. The van der Waals surface area contributed by atoms with Crippen molar-refractivity contribution in [2.45, 2.75) is 97.3 Å². The van der Waals surface area contributed by atoms with E-state index in [9.17, 15) is 14.4 Å². The van der Waals surface area contributed by atoms with Gasteiger partial charge in [0.2, 0.25) is 0 Å². The van der Waals surface area contributed by atoms with Crippen molar-refractivity contribution in [3.05, 3.63) is 0 Å². The molecular weight excluding hydrogens is 372 g/mol. The first kappa shape index (κ1) is 25.4. The molecule has 0 aliphatic heterocycles. The molecule has 168 valence electrons. The number of unbranched alkanes of at least 4 members (excludes halogenated alkanes) is 1. The molecule has 0 radical (unpaired) electrons. The third-order valence-electron chi connectivity index (χ3n) is 6.49. The Morgan fingerprint density at radius 1 is 0.931 bits per heavy atom. The minimum atomic E-state index is -0.798. The van der Waals surface area contributed by atoms with E-state index in [1.165, 1.54) is 0 Å². The number of carbonyl (C=O) groups excluding carboxylic acids is 1. The zero-order valence-electron chi connectivity index (χ0n) is 18.2. The van der Waals surface area contributed by atoms with Gasteiger partial charge in [-0.2, -0.15) is 0 Å². The maximum Gasteiger partial charge on any atom is 0.305 e. The summed E-state index contributed by atoms with van der Waals surface area (Å²) in [4.78, 5) is 34.1. The van der Waals surface area contributed by atoms with Crippen LogP contribution in [-0.2, 0) is 19.1 Å². The average molecular weight is 413 g/mol. The normalized spacial score (nSPS) is 22.8. The molecule has 0 aromatic heterocycles. The van der Waals surface area contributed by atoms with E-state index >= 15 is 0 Å². The highest BCUT2D eigenvalue weighted by Gasteiger charge is 2.31. The zero-order valence-corrected chi connectivity index (χ0v) is 18.2. The van der Waals surface area contributed by atoms with Crippen molar-refractivity contribution in [1.29, 1.82) is 0 Å². The molecule has 0 aromatic carbocycles. The van der Waals surface area contributed by atoms with Crippen LogP contribution in [-0.4, -0.2) is 34.7 Å². The summed E-state index contributed by atoms with van der Waals surface area (Å²) in [6, 6.07) is 0. The largest absolute Gasteiger partial charge is 0.481 e. The molecule has 0 saturated heterocycles. The summed E-state index contributed by atoms with van der Waals surface area (Å²) >= 11 is 0. The molecule has 1 saturated carbocycles. The molecule has 1 rings (SSSR count). The topological polar surface area (TPSA) is 101 Å². The van der Waals surface area contributed by atoms with Crippen molar-refractivity contribution >= 4 is 17.9 Å². The Kier molecular flexibility index (Phi) is 12.6. The smallest absolute Gasteiger partial charge is 0.305 e.